The van der Waals surface area contributed by atoms with Gasteiger partial charge in [-0.25, -0.2) is 24.0 Å². The van der Waals surface area contributed by atoms with Crippen molar-refractivity contribution in [1.82, 2.24) is 34.2 Å². The van der Waals surface area contributed by atoms with E-state index >= 15 is 0 Å². The van der Waals surface area contributed by atoms with Gasteiger partial charge in [-0.2, -0.15) is 0 Å². The number of phenols is 1. The van der Waals surface area contributed by atoms with Crippen molar-refractivity contribution < 1.29 is 51.5 Å². The van der Waals surface area contributed by atoms with Gasteiger partial charge in [0.25, 0.3) is 16.7 Å². The molecule has 0 amide bonds. The Morgan fingerprint density at radius 1 is 0.451 bits per heavy atom. The van der Waals surface area contributed by atoms with E-state index in [4.69, 9.17) is 96.1 Å². The molecule has 8 N–H and O–H groups in total. The molecule has 2 aliphatic rings. The number of methoxy groups -OCH3 is 3. The van der Waals surface area contributed by atoms with Crippen LogP contribution in [-0.4, -0.2) is 237 Å². The normalized spacial score (nSPS) is 11.0. The molecule has 0 aliphatic heterocycles. The number of aliphatic imine (C=N–C) groups is 2. The minimum atomic E-state index is -0.220. The maximum absolute atomic E-state index is 12.8. The van der Waals surface area contributed by atoms with Crippen molar-refractivity contribution in [3.63, 3.8) is 0 Å². The second kappa shape index (κ2) is 54.6. The molecular weight excluding hydrogens is 1290 g/mol. The predicted octanol–water partition coefficient (Wildman–Crippen LogP) is 6.33. The number of benzene rings is 4. The van der Waals surface area contributed by atoms with Crippen molar-refractivity contribution in [3.8, 4) is 28.6 Å². The van der Waals surface area contributed by atoms with E-state index in [0.717, 1.165) is 34.1 Å². The van der Waals surface area contributed by atoms with E-state index in [1.165, 1.54) is 45.6 Å². The zero-order chi connectivity index (χ0) is 64.2. The van der Waals surface area contributed by atoms with Gasteiger partial charge in [-0.15, -0.1) is 0 Å². The zero-order valence-electron chi connectivity index (χ0n) is 51.5. The number of aromatic nitrogens is 6. The number of ether oxygens (including phenoxy) is 3. The molecular formula is C61H64FeK3N16O10. The van der Waals surface area contributed by atoms with Crippen LogP contribution < -0.4 is 33.3 Å². The second-order valence-electron chi connectivity index (χ2n) is 15.9. The SMILES string of the molecule is C.COC1=CC(=Nc2c(C)n(C)n(-c3ccccc3)c2=O)C=CC1=O.COC1=CC(=Nc2c(C)n(C)n(-c3ccccc3)c2=O)C=CC1=O.COc1ccccc1O.Cc1c(N)c(=O)n(-c2ccccc2)n1C.N.O.[C-]#N.[C-]#N.[C-]#N.[C-]#N.[C-]#N.[C-]#N.[Fe+6].[K].[K].[K]. The molecule has 30 heteroatoms. The van der Waals surface area contributed by atoms with Crippen LogP contribution in [0.2, 0.25) is 0 Å². The first-order valence-corrected chi connectivity index (χ1v) is 23.6. The van der Waals surface area contributed by atoms with Gasteiger partial charge in [0.1, 0.15) is 5.69 Å². The summed E-state index contributed by atoms with van der Waals surface area (Å²) in [7, 11) is 9.82. The average molecular weight is 1350 g/mol. The Labute approximate surface area is 667 Å². The molecule has 26 nitrogen and oxygen atoms in total. The summed E-state index contributed by atoms with van der Waals surface area (Å²) >= 11 is 0. The van der Waals surface area contributed by atoms with Crippen LogP contribution >= 0.6 is 0 Å². The van der Waals surface area contributed by atoms with E-state index in [1.807, 2.05) is 133 Å². The summed E-state index contributed by atoms with van der Waals surface area (Å²) in [6.07, 6.45) is 8.96. The van der Waals surface area contributed by atoms with Crippen molar-refractivity contribution in [2.24, 2.45) is 31.1 Å². The zero-order valence-corrected chi connectivity index (χ0v) is 62.0. The summed E-state index contributed by atoms with van der Waals surface area (Å²) in [5.41, 5.74) is 11.7. The van der Waals surface area contributed by atoms with Crippen LogP contribution in [-0.2, 0) is 57.3 Å². The standard InChI is InChI=1S/2C18H17N3O3.C11H13N3O.C7H8O2.6CN.CH4.Fe.3K.H3N.H2O/c2*1-12-17(19-13-9-10-15(22)16(11-13)24-3)18(23)21(20(12)2)14-7-5-4-6-8-14;1-8-10(12)11(15)14(13(8)2)9-6-4-3-5-7-9;1-9-7-5-3-2-4-6(7)8;6*1-2;;;;;;;/h2*4-11H,1-3H3;3-7H,12H2,1-2H3;2-5,8H,1H3;;;;;;;1H4;;;;;1H3;1H2/q;;;;6*-1;;+6;;;;;. The van der Waals surface area contributed by atoms with Gasteiger partial charge in [0.05, 0.1) is 66.9 Å². The Kier molecular flexibility index (Phi) is 60.0. The Morgan fingerprint density at radius 3 is 0.978 bits per heavy atom. The number of hydrogen-bond acceptors (Lipinski definition) is 19. The van der Waals surface area contributed by atoms with Crippen LogP contribution in [0.5, 0.6) is 11.5 Å². The summed E-state index contributed by atoms with van der Waals surface area (Å²) in [5.74, 6) is 0.657. The summed E-state index contributed by atoms with van der Waals surface area (Å²) in [6.45, 7) is 34.0. The molecule has 0 saturated carbocycles. The third-order valence-electron chi connectivity index (χ3n) is 11.5. The quantitative estimate of drug-likeness (QED) is 0.0850. The molecule has 0 saturated heterocycles. The summed E-state index contributed by atoms with van der Waals surface area (Å²) in [4.78, 5) is 69.5. The number of para-hydroxylation sites is 5. The number of carbonyl (C=O) groups is 2. The number of nitrogens with two attached hydrogens (primary N) is 1. The molecule has 0 bridgehead atoms. The number of allylic oxidation sites excluding steroid dienone is 6. The smallest absolute Gasteiger partial charge is 0.512 e. The fourth-order valence-electron chi connectivity index (χ4n) is 7.29. The molecule has 3 radical (unpaired) electrons. The van der Waals surface area contributed by atoms with Crippen molar-refractivity contribution in [3.05, 3.63) is 251 Å². The minimum Gasteiger partial charge on any atom is -0.512 e. The van der Waals surface area contributed by atoms with Gasteiger partial charge in [-0.3, -0.25) is 38.0 Å². The van der Waals surface area contributed by atoms with Gasteiger partial charge in [-0.1, -0.05) is 74.2 Å². The van der Waals surface area contributed by atoms with Crippen molar-refractivity contribution in [2.45, 2.75) is 28.2 Å². The predicted molar refractivity (Wildman–Crippen MR) is 341 cm³/mol. The molecule has 91 heavy (non-hydrogen) atoms. The van der Waals surface area contributed by atoms with E-state index in [2.05, 4.69) is 9.98 Å². The molecule has 2 aliphatic carbocycles. The fourth-order valence-corrected chi connectivity index (χ4v) is 7.29. The number of aromatic hydroxyl groups is 1. The van der Waals surface area contributed by atoms with Crippen molar-refractivity contribution in [1.29, 1.82) is 31.6 Å². The molecule has 3 aromatic heterocycles. The third-order valence-corrected chi connectivity index (χ3v) is 11.5. The Bertz CT molecular complexity index is 3640. The largest absolute Gasteiger partial charge is 6.00 e. The molecule has 0 fully saturated rings. The number of rotatable bonds is 8. The van der Waals surface area contributed by atoms with Crippen LogP contribution in [0, 0.1) is 91.8 Å². The van der Waals surface area contributed by atoms with E-state index in [1.54, 1.807) is 64.5 Å². The fraction of sp³-hybridized carbons (Fsp3) is 0.164. The van der Waals surface area contributed by atoms with Gasteiger partial charge in [-0.05, 0) is 93.6 Å². The number of nitrogen functional groups attached to an aromatic ring is 1. The Hall–Kier alpha value is -7.16. The van der Waals surface area contributed by atoms with Crippen molar-refractivity contribution in [2.75, 3.05) is 27.1 Å². The first-order chi connectivity index (χ1) is 40.5. The van der Waals surface area contributed by atoms with Crippen LogP contribution in [0.25, 0.3) is 17.1 Å². The number of carbonyl (C=O) groups excluding carboxylic acids is 2. The van der Waals surface area contributed by atoms with Gasteiger partial charge in [0.15, 0.2) is 34.4 Å². The molecule has 3 heterocycles. The van der Waals surface area contributed by atoms with Gasteiger partial charge < -0.3 is 108 Å². The van der Waals surface area contributed by atoms with E-state index in [0.29, 0.717) is 34.2 Å². The van der Waals surface area contributed by atoms with Gasteiger partial charge in [0.2, 0.25) is 11.6 Å². The maximum atomic E-state index is 12.8. The molecule has 0 atom stereocenters. The molecule has 0 unspecified atom stereocenters. The molecule has 7 aromatic rings. The number of phenolic OH excluding ortho intramolecular Hbond substituents is 1. The molecule has 0 spiro atoms. The molecule has 9 rings (SSSR count). The number of ketones is 2. The van der Waals surface area contributed by atoms with E-state index in [9.17, 15) is 24.0 Å². The van der Waals surface area contributed by atoms with E-state index < -0.39 is 0 Å². The van der Waals surface area contributed by atoms with Gasteiger partial charge >= 0.3 is 17.1 Å². The Morgan fingerprint density at radius 2 is 0.725 bits per heavy atom. The summed E-state index contributed by atoms with van der Waals surface area (Å²) in [5, 5.41) is 46.5. The van der Waals surface area contributed by atoms with Gasteiger partial charge in [0, 0.05) is 187 Å². The molecule has 459 valence electrons. The maximum Gasteiger partial charge on any atom is 6.00 e. The van der Waals surface area contributed by atoms with E-state index in [-0.39, 0.29) is 236 Å². The first-order valence-electron chi connectivity index (χ1n) is 23.6. The van der Waals surface area contributed by atoms with Crippen LogP contribution in [0.4, 0.5) is 17.1 Å². The first kappa shape index (κ1) is 100. The van der Waals surface area contributed by atoms with Crippen molar-refractivity contribution >= 4 is 194 Å². The van der Waals surface area contributed by atoms with Crippen LogP contribution in [0.1, 0.15) is 24.5 Å². The number of nitrogens with zero attached hydrogens (tertiary/aromatic N) is 14. The molecule has 4 aromatic carbocycles. The van der Waals surface area contributed by atoms with Crippen LogP contribution in [0.3, 0.4) is 0 Å². The number of hydrogen-bond donors (Lipinski definition) is 3. The number of anilines is 1. The minimum absolute atomic E-state index is 0. The van der Waals surface area contributed by atoms with Crippen LogP contribution in [0.15, 0.2) is 188 Å². The Balaban J connectivity index is -0.000000161. The average Bonchev–Trinajstić information content (AvgIpc) is 2.03. The third kappa shape index (κ3) is 27.7. The monoisotopic (exact) mass is 1350 g/mol. The topological polar surface area (TPSA) is 423 Å². The second-order valence-corrected chi connectivity index (χ2v) is 15.9. The summed E-state index contributed by atoms with van der Waals surface area (Å²) in [6, 6.07) is 35.0. The summed E-state index contributed by atoms with van der Waals surface area (Å²) < 4.78 is 24.8.